The molecule has 2 bridgehead atoms. The van der Waals surface area contributed by atoms with Gasteiger partial charge in [0.05, 0.1) is 6.61 Å². The predicted molar refractivity (Wildman–Crippen MR) is 101 cm³/mol. The molecule has 3 atom stereocenters. The maximum absolute atomic E-state index is 12.5. The Morgan fingerprint density at radius 3 is 3.04 bits per heavy atom. The van der Waals surface area contributed by atoms with Gasteiger partial charge >= 0.3 is 6.09 Å². The van der Waals surface area contributed by atoms with Crippen LogP contribution >= 0.6 is 23.0 Å². The van der Waals surface area contributed by atoms with Gasteiger partial charge < -0.3 is 12.7 Å². The van der Waals surface area contributed by atoms with Crippen molar-refractivity contribution in [2.24, 2.45) is 5.92 Å². The third-order valence-electron chi connectivity index (χ3n) is 6.40. The van der Waals surface area contributed by atoms with Crippen LogP contribution in [-0.4, -0.2) is 30.2 Å². The molecular formula is C19H24INO3. The molecule has 1 saturated heterocycles. The van der Waals surface area contributed by atoms with Crippen molar-refractivity contribution < 1.29 is 12.6 Å². The van der Waals surface area contributed by atoms with Crippen molar-refractivity contribution in [3.8, 4) is 5.75 Å². The first-order chi connectivity index (χ1) is 11.7. The molecular weight excluding hydrogens is 417 g/mol. The largest absolute Gasteiger partial charge is 0.450 e. The van der Waals surface area contributed by atoms with Crippen molar-refractivity contribution in [1.82, 2.24) is 4.90 Å². The Balaban J connectivity index is 1.77. The Labute approximate surface area is 157 Å². The molecule has 2 aliphatic carbocycles. The molecule has 4 rings (SSSR count). The van der Waals surface area contributed by atoms with Gasteiger partial charge in [-0.15, -0.1) is 0 Å². The number of fused-ring (bicyclic) bond motifs is 1. The second kappa shape index (κ2) is 6.39. The van der Waals surface area contributed by atoms with Gasteiger partial charge in [0.2, 0.25) is 0 Å². The zero-order chi connectivity index (χ0) is 16.7. The molecule has 1 amide bonds. The summed E-state index contributed by atoms with van der Waals surface area (Å²) < 4.78 is 10.8. The van der Waals surface area contributed by atoms with E-state index in [0.29, 0.717) is 12.5 Å². The van der Waals surface area contributed by atoms with Crippen LogP contribution in [0.2, 0.25) is 0 Å². The molecule has 130 valence electrons. The number of hydrogen-bond donors (Lipinski definition) is 0. The van der Waals surface area contributed by atoms with Crippen molar-refractivity contribution in [1.29, 1.82) is 0 Å². The van der Waals surface area contributed by atoms with E-state index in [1.807, 2.05) is 34.8 Å². The number of likely N-dealkylation sites (tertiary alicyclic amines) is 1. The van der Waals surface area contributed by atoms with E-state index >= 15 is 0 Å². The van der Waals surface area contributed by atoms with E-state index in [4.69, 9.17) is 7.80 Å². The highest BCUT2D eigenvalue weighted by Crippen LogP contribution is 2.56. The van der Waals surface area contributed by atoms with E-state index in [-0.39, 0.29) is 17.6 Å². The molecule has 3 aliphatic rings. The van der Waals surface area contributed by atoms with E-state index in [1.54, 1.807) is 0 Å². The molecule has 2 fully saturated rings. The number of rotatable bonds is 2. The van der Waals surface area contributed by atoms with E-state index in [1.165, 1.54) is 36.8 Å². The molecule has 0 spiro atoms. The Morgan fingerprint density at radius 2 is 2.25 bits per heavy atom. The minimum absolute atomic E-state index is 0.127. The number of carbonyl (C=O) groups is 1. The second-order valence-electron chi connectivity index (χ2n) is 7.32. The number of piperidine rings is 1. The molecule has 5 heteroatoms. The van der Waals surface area contributed by atoms with Crippen molar-refractivity contribution >= 4 is 29.1 Å². The number of ether oxygens (including phenoxy) is 1. The fourth-order valence-corrected chi connectivity index (χ4v) is 5.74. The highest BCUT2D eigenvalue weighted by molar-refractivity contribution is 14.1. The lowest BCUT2D eigenvalue weighted by Crippen LogP contribution is -2.62. The van der Waals surface area contributed by atoms with Crippen LogP contribution in [0.1, 0.15) is 50.2 Å². The van der Waals surface area contributed by atoms with E-state index in [9.17, 15) is 4.79 Å². The molecule has 1 saturated carbocycles. The quantitative estimate of drug-likeness (QED) is 0.629. The summed E-state index contributed by atoms with van der Waals surface area (Å²) in [4.78, 5) is 14.5. The van der Waals surface area contributed by atoms with Crippen LogP contribution in [0, 0.1) is 5.92 Å². The number of amides is 1. The molecule has 0 aromatic heterocycles. The fraction of sp³-hybridized carbons (Fsp3) is 0.632. The normalized spacial score (nSPS) is 31.0. The van der Waals surface area contributed by atoms with Crippen molar-refractivity contribution in [3.63, 3.8) is 0 Å². The maximum Gasteiger partial charge on any atom is 0.410 e. The summed E-state index contributed by atoms with van der Waals surface area (Å²) in [5.41, 5.74) is 3.11. The summed E-state index contributed by atoms with van der Waals surface area (Å²) in [6, 6.07) is 6.81. The van der Waals surface area contributed by atoms with Gasteiger partial charge in [-0.25, -0.2) is 4.79 Å². The summed E-state index contributed by atoms with van der Waals surface area (Å²) in [6.45, 7) is 3.15. The van der Waals surface area contributed by atoms with Crippen molar-refractivity contribution in [3.05, 3.63) is 29.3 Å². The molecule has 24 heavy (non-hydrogen) atoms. The van der Waals surface area contributed by atoms with E-state index in [2.05, 4.69) is 18.2 Å². The summed E-state index contributed by atoms with van der Waals surface area (Å²) in [6.07, 6.45) is 6.89. The Hall–Kier alpha value is -0.980. The molecule has 1 aromatic carbocycles. The summed E-state index contributed by atoms with van der Waals surface area (Å²) >= 11 is 1.96. The van der Waals surface area contributed by atoms with Crippen LogP contribution in [0.25, 0.3) is 0 Å². The van der Waals surface area contributed by atoms with Gasteiger partial charge in [0.25, 0.3) is 0 Å². The lowest BCUT2D eigenvalue weighted by atomic mass is 9.52. The van der Waals surface area contributed by atoms with Crippen LogP contribution in [0.4, 0.5) is 4.79 Å². The molecule has 1 aliphatic heterocycles. The Morgan fingerprint density at radius 1 is 1.38 bits per heavy atom. The first kappa shape index (κ1) is 16.5. The highest BCUT2D eigenvalue weighted by Gasteiger charge is 2.55. The van der Waals surface area contributed by atoms with Crippen LogP contribution in [-0.2, 0) is 16.6 Å². The second-order valence-corrected chi connectivity index (χ2v) is 7.76. The molecule has 4 nitrogen and oxygen atoms in total. The number of nitrogens with zero attached hydrogens (tertiary/aromatic N) is 1. The Bertz CT molecular complexity index is 649. The molecule has 0 N–H and O–H groups in total. The van der Waals surface area contributed by atoms with E-state index in [0.717, 1.165) is 25.1 Å². The van der Waals surface area contributed by atoms with Gasteiger partial charge in [-0.1, -0.05) is 18.9 Å². The van der Waals surface area contributed by atoms with Crippen molar-refractivity contribution in [2.45, 2.75) is 56.9 Å². The fourth-order valence-electron chi connectivity index (χ4n) is 5.47. The topological polar surface area (TPSA) is 38.8 Å². The Kier molecular flexibility index (Phi) is 4.39. The number of hydrogen-bond acceptors (Lipinski definition) is 3. The summed E-state index contributed by atoms with van der Waals surface area (Å²) in [5.74, 6) is 1.50. The zero-order valence-corrected chi connectivity index (χ0v) is 16.3. The minimum Gasteiger partial charge on any atom is -0.450 e. The van der Waals surface area contributed by atoms with Gasteiger partial charge in [-0.05, 0) is 61.8 Å². The third-order valence-corrected chi connectivity index (χ3v) is 6.91. The van der Waals surface area contributed by atoms with Gasteiger partial charge in [0.1, 0.15) is 5.75 Å². The smallest absolute Gasteiger partial charge is 0.410 e. The average Bonchev–Trinajstić information content (AvgIpc) is 2.61. The van der Waals surface area contributed by atoms with Crippen LogP contribution in [0.5, 0.6) is 5.75 Å². The minimum atomic E-state index is -0.127. The standard InChI is InChI=1S/C19H24INO3/c1-2-23-18(22)21-10-9-19-8-4-3-5-15(19)17(21)11-13-6-7-14(24-20)12-16(13)19/h6-7,12,15,17H,2-5,8-11H2,1H3/t15-,17+,19+/m1/s1. The SMILES string of the molecule is CCOC(=O)N1CC[C@@]23CCCC[C@@H]2[C@@H]1Cc1ccc(OI)cc13. The lowest BCUT2D eigenvalue weighted by Gasteiger charge is -2.58. The number of benzene rings is 1. The predicted octanol–water partition coefficient (Wildman–Crippen LogP) is 4.63. The molecule has 0 unspecified atom stereocenters. The van der Waals surface area contributed by atoms with Gasteiger partial charge in [0.15, 0.2) is 23.0 Å². The van der Waals surface area contributed by atoms with Crippen LogP contribution in [0.15, 0.2) is 18.2 Å². The monoisotopic (exact) mass is 441 g/mol. The first-order valence-corrected chi connectivity index (χ1v) is 9.93. The summed E-state index contributed by atoms with van der Waals surface area (Å²) in [7, 11) is 0. The maximum atomic E-state index is 12.5. The highest BCUT2D eigenvalue weighted by atomic mass is 127. The zero-order valence-electron chi connectivity index (χ0n) is 14.1. The lowest BCUT2D eigenvalue weighted by molar-refractivity contribution is -0.0109. The number of carbonyl (C=O) groups excluding carboxylic acids is 1. The first-order valence-electron chi connectivity index (χ1n) is 9.05. The molecule has 1 aromatic rings. The van der Waals surface area contributed by atoms with Crippen LogP contribution in [0.3, 0.4) is 0 Å². The van der Waals surface area contributed by atoms with Gasteiger partial charge in [0, 0.05) is 18.0 Å². The van der Waals surface area contributed by atoms with Crippen molar-refractivity contribution in [2.75, 3.05) is 13.2 Å². The molecule has 1 heterocycles. The summed E-state index contributed by atoms with van der Waals surface area (Å²) in [5, 5.41) is 0. The van der Waals surface area contributed by atoms with Crippen LogP contribution < -0.4 is 3.07 Å². The van der Waals surface area contributed by atoms with Gasteiger partial charge in [-0.2, -0.15) is 0 Å². The average molecular weight is 441 g/mol. The molecule has 0 radical (unpaired) electrons. The number of halogens is 1. The third kappa shape index (κ3) is 2.42. The van der Waals surface area contributed by atoms with Gasteiger partial charge in [-0.3, -0.25) is 0 Å². The van der Waals surface area contributed by atoms with E-state index < -0.39 is 0 Å².